The summed E-state index contributed by atoms with van der Waals surface area (Å²) in [7, 11) is 0. The summed E-state index contributed by atoms with van der Waals surface area (Å²) in [6, 6.07) is -0.370. The molecule has 1 aliphatic heterocycles. The maximum absolute atomic E-state index is 13.0. The lowest BCUT2D eigenvalue weighted by atomic mass is 9.74. The van der Waals surface area contributed by atoms with Crippen LogP contribution in [0, 0.1) is 17.3 Å². The fourth-order valence-corrected chi connectivity index (χ4v) is 5.00. The predicted octanol–water partition coefficient (Wildman–Crippen LogP) is 3.21. The van der Waals surface area contributed by atoms with Crippen LogP contribution in [0.25, 0.3) is 0 Å². The van der Waals surface area contributed by atoms with Crippen LogP contribution >= 0.6 is 12.2 Å². The first-order valence-electron chi connectivity index (χ1n) is 11.8. The van der Waals surface area contributed by atoms with Crippen LogP contribution in [0.3, 0.4) is 0 Å². The third-order valence-electron chi connectivity index (χ3n) is 7.31. The molecule has 0 aromatic heterocycles. The van der Waals surface area contributed by atoms with Crippen LogP contribution in [-0.4, -0.2) is 59.7 Å². The van der Waals surface area contributed by atoms with E-state index >= 15 is 0 Å². The van der Waals surface area contributed by atoms with Gasteiger partial charge in [-0.3, -0.25) is 4.79 Å². The van der Waals surface area contributed by atoms with Crippen molar-refractivity contribution in [3.63, 3.8) is 0 Å². The highest BCUT2D eigenvalue weighted by molar-refractivity contribution is 7.80. The van der Waals surface area contributed by atoms with E-state index in [0.29, 0.717) is 30.1 Å². The monoisotopic (exact) mass is 454 g/mol. The molecule has 1 heterocycles. The van der Waals surface area contributed by atoms with E-state index in [0.717, 1.165) is 45.1 Å². The molecule has 1 saturated heterocycles. The Morgan fingerprint density at radius 1 is 1.19 bits per heavy atom. The number of ether oxygens (including phenoxy) is 1. The quantitative estimate of drug-likeness (QED) is 0.487. The van der Waals surface area contributed by atoms with Crippen molar-refractivity contribution in [2.24, 2.45) is 23.0 Å². The Morgan fingerprint density at radius 3 is 2.42 bits per heavy atom. The fourth-order valence-electron chi connectivity index (χ4n) is 4.41. The summed E-state index contributed by atoms with van der Waals surface area (Å²) in [5, 5.41) is 6.14. The second-order valence-corrected chi connectivity index (χ2v) is 10.4. The number of nitrogens with one attached hydrogen (secondary N) is 2. The van der Waals surface area contributed by atoms with Crippen molar-refractivity contribution in [3.05, 3.63) is 0 Å². The first-order valence-corrected chi connectivity index (χ1v) is 12.3. The van der Waals surface area contributed by atoms with Crippen molar-refractivity contribution in [2.45, 2.75) is 91.3 Å². The van der Waals surface area contributed by atoms with E-state index in [1.807, 2.05) is 4.90 Å². The summed E-state index contributed by atoms with van der Waals surface area (Å²) in [6.07, 6.45) is 5.42. The number of carbonyl (C=O) groups excluding carboxylic acids is 2. The first-order chi connectivity index (χ1) is 14.6. The van der Waals surface area contributed by atoms with E-state index in [1.54, 1.807) is 6.92 Å². The minimum absolute atomic E-state index is 0.0342. The minimum Gasteiger partial charge on any atom is -0.450 e. The lowest BCUT2D eigenvalue weighted by Gasteiger charge is -2.42. The fraction of sp³-hybridized carbons (Fsp3) is 0.870. The van der Waals surface area contributed by atoms with Crippen molar-refractivity contribution in [3.8, 4) is 0 Å². The summed E-state index contributed by atoms with van der Waals surface area (Å²) >= 11 is 5.89. The van der Waals surface area contributed by atoms with Crippen molar-refractivity contribution >= 4 is 29.2 Å². The molecule has 8 heteroatoms. The molecule has 178 valence electrons. The SMILES string of the molecule is CCOC(=O)N[C@H](C(=S)N1CCC[C@H]1C(=O)NCC1CCC(N)CC1)C(C)(C)C(C)C. The number of nitrogens with zero attached hydrogens (tertiary/aromatic N) is 1. The van der Waals surface area contributed by atoms with E-state index < -0.39 is 12.1 Å². The Morgan fingerprint density at radius 2 is 1.84 bits per heavy atom. The topological polar surface area (TPSA) is 96.7 Å². The van der Waals surface area contributed by atoms with Gasteiger partial charge in [-0.1, -0.05) is 39.9 Å². The largest absolute Gasteiger partial charge is 0.450 e. The maximum Gasteiger partial charge on any atom is 0.407 e. The highest BCUT2D eigenvalue weighted by atomic mass is 32.1. The van der Waals surface area contributed by atoms with Gasteiger partial charge in [0.15, 0.2) is 0 Å². The molecule has 0 aromatic rings. The van der Waals surface area contributed by atoms with Gasteiger partial charge in [0.05, 0.1) is 12.6 Å². The zero-order valence-electron chi connectivity index (χ0n) is 19.9. The van der Waals surface area contributed by atoms with Gasteiger partial charge in [0, 0.05) is 19.1 Å². The van der Waals surface area contributed by atoms with Crippen LogP contribution in [0.5, 0.6) is 0 Å². The van der Waals surface area contributed by atoms with Gasteiger partial charge in [0.1, 0.15) is 11.0 Å². The van der Waals surface area contributed by atoms with Crippen LogP contribution in [0.4, 0.5) is 4.79 Å². The number of carbonyl (C=O) groups is 2. The lowest BCUT2D eigenvalue weighted by molar-refractivity contribution is -0.124. The Balaban J connectivity index is 2.06. The molecular formula is C23H42N4O3S. The van der Waals surface area contributed by atoms with Crippen LogP contribution in [0.2, 0.25) is 0 Å². The minimum atomic E-state index is -0.473. The molecule has 0 spiro atoms. The number of amides is 2. The number of nitrogens with two attached hydrogens (primary N) is 1. The molecule has 0 aromatic carbocycles. The molecule has 2 aliphatic rings. The van der Waals surface area contributed by atoms with Crippen LogP contribution in [0.1, 0.15) is 73.1 Å². The van der Waals surface area contributed by atoms with Gasteiger partial charge < -0.3 is 26.0 Å². The molecule has 31 heavy (non-hydrogen) atoms. The van der Waals surface area contributed by atoms with E-state index in [-0.39, 0.29) is 23.3 Å². The van der Waals surface area contributed by atoms with Crippen molar-refractivity contribution in [1.29, 1.82) is 0 Å². The zero-order chi connectivity index (χ0) is 23.2. The smallest absolute Gasteiger partial charge is 0.407 e. The van der Waals surface area contributed by atoms with Crippen molar-refractivity contribution in [2.75, 3.05) is 19.7 Å². The molecule has 0 bridgehead atoms. The molecule has 7 nitrogen and oxygen atoms in total. The summed E-state index contributed by atoms with van der Waals surface area (Å²) in [6.45, 7) is 11.9. The molecule has 2 amide bonds. The van der Waals surface area contributed by atoms with Crippen LogP contribution in [0.15, 0.2) is 0 Å². The van der Waals surface area contributed by atoms with Gasteiger partial charge in [-0.25, -0.2) is 4.79 Å². The second-order valence-electron chi connectivity index (χ2n) is 9.99. The Labute approximate surface area is 193 Å². The third kappa shape index (κ3) is 6.78. The van der Waals surface area contributed by atoms with E-state index in [1.165, 1.54) is 0 Å². The van der Waals surface area contributed by atoms with E-state index in [2.05, 4.69) is 38.3 Å². The number of hydrogen-bond donors (Lipinski definition) is 3. The van der Waals surface area contributed by atoms with E-state index in [4.69, 9.17) is 22.7 Å². The molecule has 1 aliphatic carbocycles. The van der Waals surface area contributed by atoms with Gasteiger partial charge in [-0.15, -0.1) is 0 Å². The molecule has 2 rings (SSSR count). The zero-order valence-corrected chi connectivity index (χ0v) is 20.7. The van der Waals surface area contributed by atoms with Crippen molar-refractivity contribution < 1.29 is 14.3 Å². The summed E-state index contributed by atoms with van der Waals surface area (Å²) in [4.78, 5) is 27.9. The summed E-state index contributed by atoms with van der Waals surface area (Å²) in [5.41, 5.74) is 5.70. The maximum atomic E-state index is 13.0. The summed E-state index contributed by atoms with van der Waals surface area (Å²) < 4.78 is 5.13. The molecular weight excluding hydrogens is 412 g/mol. The lowest BCUT2D eigenvalue weighted by Crippen LogP contribution is -2.58. The van der Waals surface area contributed by atoms with E-state index in [9.17, 15) is 9.59 Å². The molecule has 0 radical (unpaired) electrons. The Bertz CT molecular complexity index is 632. The van der Waals surface area contributed by atoms with Crippen molar-refractivity contribution in [1.82, 2.24) is 15.5 Å². The molecule has 1 saturated carbocycles. The molecule has 4 N–H and O–H groups in total. The highest BCUT2D eigenvalue weighted by Crippen LogP contribution is 2.34. The number of likely N-dealkylation sites (tertiary alicyclic amines) is 1. The molecule has 2 fully saturated rings. The highest BCUT2D eigenvalue weighted by Gasteiger charge is 2.42. The number of hydrogen-bond acceptors (Lipinski definition) is 5. The second kappa shape index (κ2) is 11.5. The summed E-state index contributed by atoms with van der Waals surface area (Å²) in [5.74, 6) is 0.806. The Kier molecular flexibility index (Phi) is 9.55. The van der Waals surface area contributed by atoms with Gasteiger partial charge >= 0.3 is 6.09 Å². The molecule has 2 atom stereocenters. The normalized spacial score (nSPS) is 25.3. The Hall–Kier alpha value is -1.41. The number of rotatable bonds is 8. The average molecular weight is 455 g/mol. The number of alkyl carbamates (subject to hydrolysis) is 1. The standard InChI is InChI=1S/C23H42N4O3S/c1-6-30-22(29)26-19(23(4,5)15(2)3)21(31)27-13-7-8-18(27)20(28)25-14-16-9-11-17(24)12-10-16/h15-19H,6-14,24H2,1-5H3,(H,25,28)(H,26,29)/t16?,17?,18-,19+/m0/s1. The number of thiocarbonyl (C=S) groups is 1. The molecule has 0 unspecified atom stereocenters. The van der Waals surface area contributed by atoms with Crippen LogP contribution < -0.4 is 16.4 Å². The average Bonchev–Trinajstić information content (AvgIpc) is 3.21. The van der Waals surface area contributed by atoms with Crippen LogP contribution in [-0.2, 0) is 9.53 Å². The third-order valence-corrected chi connectivity index (χ3v) is 7.78. The first kappa shape index (κ1) is 25.8. The van der Waals surface area contributed by atoms with Gasteiger partial charge in [-0.05, 0) is 62.7 Å². The van der Waals surface area contributed by atoms with Gasteiger partial charge in [0.2, 0.25) is 5.91 Å². The van der Waals surface area contributed by atoms with Gasteiger partial charge in [-0.2, -0.15) is 0 Å². The predicted molar refractivity (Wildman–Crippen MR) is 128 cm³/mol. The van der Waals surface area contributed by atoms with Gasteiger partial charge in [0.25, 0.3) is 0 Å².